The molecule has 5 rings (SSSR count). The van der Waals surface area contributed by atoms with E-state index in [4.69, 9.17) is 37.6 Å². The zero-order valence-electron chi connectivity index (χ0n) is 22.6. The maximum atomic E-state index is 15.1. The van der Waals surface area contributed by atoms with Gasteiger partial charge >= 0.3 is 5.97 Å². The van der Waals surface area contributed by atoms with E-state index < -0.39 is 17.2 Å². The molecular weight excluding hydrogens is 572 g/mol. The van der Waals surface area contributed by atoms with E-state index in [-0.39, 0.29) is 17.9 Å². The van der Waals surface area contributed by atoms with E-state index in [0.717, 1.165) is 11.1 Å². The van der Waals surface area contributed by atoms with Gasteiger partial charge in [-0.2, -0.15) is 0 Å². The first-order valence-corrected chi connectivity index (χ1v) is 13.7. The summed E-state index contributed by atoms with van der Waals surface area (Å²) in [6.07, 6.45) is 1.77. The highest BCUT2D eigenvalue weighted by molar-refractivity contribution is 6.39. The topological polar surface area (TPSA) is 109 Å². The molecule has 1 aliphatic rings. The number of aliphatic hydroxyl groups is 1. The molecule has 0 bridgehead atoms. The van der Waals surface area contributed by atoms with E-state index >= 15 is 4.39 Å². The van der Waals surface area contributed by atoms with Gasteiger partial charge < -0.3 is 24.4 Å². The van der Waals surface area contributed by atoms with E-state index in [1.54, 1.807) is 30.3 Å². The third kappa shape index (κ3) is 5.75. The molecule has 1 saturated heterocycles. The van der Waals surface area contributed by atoms with Gasteiger partial charge in [-0.3, -0.25) is 0 Å². The first-order valence-electron chi connectivity index (χ1n) is 12.9. The minimum Gasteiger partial charge on any atom is -0.489 e. The van der Waals surface area contributed by atoms with Gasteiger partial charge in [-0.05, 0) is 74.7 Å². The summed E-state index contributed by atoms with van der Waals surface area (Å²) in [6.45, 7) is 5.41. The molecule has 2 aromatic carbocycles. The number of carboxylic acid groups (broad SMARTS) is 1. The number of benzene rings is 2. The quantitative estimate of drug-likeness (QED) is 0.224. The largest absolute Gasteiger partial charge is 0.489 e. The molecule has 0 amide bonds. The molecule has 214 valence electrons. The third-order valence-corrected chi connectivity index (χ3v) is 7.81. The molecule has 2 aromatic heterocycles. The fourth-order valence-electron chi connectivity index (χ4n) is 5.14. The van der Waals surface area contributed by atoms with Gasteiger partial charge in [-0.15, -0.1) is 0 Å². The molecule has 2 N–H and O–H groups in total. The van der Waals surface area contributed by atoms with Crippen molar-refractivity contribution in [2.45, 2.75) is 45.1 Å². The summed E-state index contributed by atoms with van der Waals surface area (Å²) in [5.41, 5.74) is -0.187. The normalized spacial score (nSPS) is 17.2. The summed E-state index contributed by atoms with van der Waals surface area (Å²) < 4.78 is 26.5. The van der Waals surface area contributed by atoms with Crippen LogP contribution < -0.4 is 9.64 Å². The van der Waals surface area contributed by atoms with Gasteiger partial charge in [0, 0.05) is 18.3 Å². The van der Waals surface area contributed by atoms with E-state index in [9.17, 15) is 9.90 Å². The lowest BCUT2D eigenvalue weighted by Gasteiger charge is -2.26. The molecule has 0 saturated carbocycles. The van der Waals surface area contributed by atoms with Gasteiger partial charge in [-0.1, -0.05) is 40.5 Å². The van der Waals surface area contributed by atoms with E-state index in [1.165, 1.54) is 26.1 Å². The number of rotatable bonds is 8. The Morgan fingerprint density at radius 2 is 1.93 bits per heavy atom. The maximum absolute atomic E-state index is 15.1. The first kappa shape index (κ1) is 28.9. The standard InChI is InChI=1S/C30H28Cl2FN3O5/c1-17-13-19(8-9-21(17)30(39)11-12-36(16-30)24-10-7-18(14-34-24)28(37)38)40-15-20-26(35-41-27(20)29(2,3)33)25-22(31)5-4-6-23(25)32/h4-10,13-14,39H,11-12,15-16H2,1-3H3,(H,37,38). The number of carboxylic acids is 1. The van der Waals surface area contributed by atoms with Crippen LogP contribution in [0.15, 0.2) is 59.3 Å². The first-order chi connectivity index (χ1) is 19.4. The molecule has 1 unspecified atom stereocenters. The number of hydrogen-bond acceptors (Lipinski definition) is 7. The summed E-state index contributed by atoms with van der Waals surface area (Å²) >= 11 is 12.8. The van der Waals surface area contributed by atoms with Crippen LogP contribution in [0.5, 0.6) is 5.75 Å². The number of pyridine rings is 1. The van der Waals surface area contributed by atoms with Crippen molar-refractivity contribution in [3.63, 3.8) is 0 Å². The number of aromatic nitrogens is 2. The average molecular weight is 600 g/mol. The lowest BCUT2D eigenvalue weighted by molar-refractivity contribution is 0.0598. The molecule has 8 nitrogen and oxygen atoms in total. The number of hydrogen-bond donors (Lipinski definition) is 2. The molecular formula is C30H28Cl2FN3O5. The van der Waals surface area contributed by atoms with Gasteiger partial charge in [0.05, 0.1) is 27.7 Å². The van der Waals surface area contributed by atoms with Crippen LogP contribution in [-0.2, 0) is 17.9 Å². The Hall–Kier alpha value is -3.66. The Balaban J connectivity index is 1.36. The van der Waals surface area contributed by atoms with Crippen LogP contribution >= 0.6 is 23.2 Å². The fraction of sp³-hybridized carbons (Fsp3) is 0.300. The van der Waals surface area contributed by atoms with E-state index in [2.05, 4.69) is 10.1 Å². The van der Waals surface area contributed by atoms with Gasteiger partial charge in [-0.25, -0.2) is 14.2 Å². The smallest absolute Gasteiger partial charge is 0.337 e. The predicted molar refractivity (Wildman–Crippen MR) is 154 cm³/mol. The zero-order chi connectivity index (χ0) is 29.5. The number of carbonyl (C=O) groups is 1. The second-order valence-corrected chi connectivity index (χ2v) is 11.4. The Morgan fingerprint density at radius 1 is 1.20 bits per heavy atom. The fourth-order valence-corrected chi connectivity index (χ4v) is 5.72. The number of alkyl halides is 1. The lowest BCUT2D eigenvalue weighted by Crippen LogP contribution is -2.31. The number of halogens is 3. The number of anilines is 1. The highest BCUT2D eigenvalue weighted by Gasteiger charge is 2.39. The maximum Gasteiger partial charge on any atom is 0.337 e. The Morgan fingerprint density at radius 3 is 2.54 bits per heavy atom. The second kappa shape index (κ2) is 11.0. The van der Waals surface area contributed by atoms with Crippen LogP contribution in [0.2, 0.25) is 10.0 Å². The van der Waals surface area contributed by atoms with Gasteiger partial charge in [0.15, 0.2) is 11.4 Å². The predicted octanol–water partition coefficient (Wildman–Crippen LogP) is 6.93. The highest BCUT2D eigenvalue weighted by Crippen LogP contribution is 2.41. The molecule has 0 spiro atoms. The van der Waals surface area contributed by atoms with Gasteiger partial charge in [0.25, 0.3) is 0 Å². The Kier molecular flexibility index (Phi) is 7.72. The van der Waals surface area contributed by atoms with Crippen LogP contribution in [-0.4, -0.2) is 39.4 Å². The van der Waals surface area contributed by atoms with Crippen molar-refractivity contribution >= 4 is 35.0 Å². The van der Waals surface area contributed by atoms with Crippen molar-refractivity contribution in [3.05, 3.63) is 92.8 Å². The Bertz CT molecular complexity index is 1580. The number of β-amino-alcohol motifs (C(OH)–C–C–N with tert-alkyl or cyclic N) is 1. The third-order valence-electron chi connectivity index (χ3n) is 7.18. The molecule has 1 atom stereocenters. The summed E-state index contributed by atoms with van der Waals surface area (Å²) in [5, 5.41) is 25.4. The lowest BCUT2D eigenvalue weighted by atomic mass is 9.89. The number of aromatic carboxylic acids is 1. The average Bonchev–Trinajstić information content (AvgIpc) is 3.52. The molecule has 1 fully saturated rings. The van der Waals surface area contributed by atoms with Crippen molar-refractivity contribution in [1.82, 2.24) is 10.1 Å². The van der Waals surface area contributed by atoms with Crippen LogP contribution in [0.4, 0.5) is 10.2 Å². The SMILES string of the molecule is Cc1cc(OCc2c(-c3c(Cl)cccc3Cl)noc2C(C)(C)F)ccc1C1(O)CCN(c2ccc(C(=O)O)cn2)C1. The van der Waals surface area contributed by atoms with Crippen molar-refractivity contribution < 1.29 is 28.7 Å². The summed E-state index contributed by atoms with van der Waals surface area (Å²) in [6, 6.07) is 13.5. The van der Waals surface area contributed by atoms with Crippen molar-refractivity contribution in [1.29, 1.82) is 0 Å². The molecule has 0 aliphatic carbocycles. The highest BCUT2D eigenvalue weighted by atomic mass is 35.5. The number of aryl methyl sites for hydroxylation is 1. The molecule has 11 heteroatoms. The molecule has 4 aromatic rings. The molecule has 3 heterocycles. The summed E-state index contributed by atoms with van der Waals surface area (Å²) in [7, 11) is 0. The number of nitrogens with zero attached hydrogens (tertiary/aromatic N) is 3. The van der Waals surface area contributed by atoms with Crippen molar-refractivity contribution in [2.75, 3.05) is 18.0 Å². The Labute approximate surface area is 246 Å². The van der Waals surface area contributed by atoms with Gasteiger partial charge in [0.1, 0.15) is 29.5 Å². The van der Waals surface area contributed by atoms with Crippen molar-refractivity contribution in [3.8, 4) is 17.0 Å². The van der Waals surface area contributed by atoms with E-state index in [0.29, 0.717) is 57.9 Å². The van der Waals surface area contributed by atoms with Crippen LogP contribution in [0, 0.1) is 6.92 Å². The van der Waals surface area contributed by atoms with E-state index in [1.807, 2.05) is 24.0 Å². The molecule has 0 radical (unpaired) electrons. The minimum absolute atomic E-state index is 0.0159. The summed E-state index contributed by atoms with van der Waals surface area (Å²) in [4.78, 5) is 17.3. The van der Waals surface area contributed by atoms with Gasteiger partial charge in [0.2, 0.25) is 0 Å². The monoisotopic (exact) mass is 599 g/mol. The second-order valence-electron chi connectivity index (χ2n) is 10.6. The molecule has 1 aliphatic heterocycles. The van der Waals surface area contributed by atoms with Crippen LogP contribution in [0.1, 0.15) is 53.1 Å². The zero-order valence-corrected chi connectivity index (χ0v) is 24.1. The number of ether oxygens (including phenoxy) is 1. The van der Waals surface area contributed by atoms with Crippen molar-refractivity contribution in [2.24, 2.45) is 0 Å². The van der Waals surface area contributed by atoms with Crippen LogP contribution in [0.25, 0.3) is 11.3 Å². The van der Waals surface area contributed by atoms with Crippen LogP contribution in [0.3, 0.4) is 0 Å². The minimum atomic E-state index is -1.84. The summed E-state index contributed by atoms with van der Waals surface area (Å²) in [5.74, 6) is 0.0774. The molecule has 41 heavy (non-hydrogen) atoms.